The largest absolute Gasteiger partial charge is 0.364 e. The van der Waals surface area contributed by atoms with Crippen LogP contribution in [0, 0.1) is 12.8 Å². The second-order valence-electron chi connectivity index (χ2n) is 3.22. The molecule has 0 amide bonds. The minimum Gasteiger partial charge on any atom is -0.364 e. The van der Waals surface area contributed by atoms with Gasteiger partial charge in [0.05, 0.1) is 5.69 Å². The molecule has 3 nitrogen and oxygen atoms in total. The molecule has 68 valence electrons. The van der Waals surface area contributed by atoms with Crippen molar-refractivity contribution in [2.75, 3.05) is 0 Å². The predicted octanol–water partition coefficient (Wildman–Crippen LogP) is 1.81. The van der Waals surface area contributed by atoms with Crippen molar-refractivity contribution in [2.45, 2.75) is 25.8 Å². The Hall–Kier alpha value is -0.540. The van der Waals surface area contributed by atoms with Gasteiger partial charge in [0.1, 0.15) is 6.26 Å². The minimum absolute atomic E-state index is 0. The summed E-state index contributed by atoms with van der Waals surface area (Å²) in [6, 6.07) is 0.154. The number of rotatable bonds is 2. The van der Waals surface area contributed by atoms with Crippen LogP contribution in [0.15, 0.2) is 10.8 Å². The number of nitrogens with two attached hydrogens (primary N) is 1. The third kappa shape index (κ3) is 1.62. The molecular weight excluding hydrogens is 176 g/mol. The molecule has 12 heavy (non-hydrogen) atoms. The first-order valence-corrected chi connectivity index (χ1v) is 3.95. The summed E-state index contributed by atoms with van der Waals surface area (Å²) in [5, 5.41) is 3.79. The maximum absolute atomic E-state index is 5.95. The summed E-state index contributed by atoms with van der Waals surface area (Å²) in [5.41, 5.74) is 7.96. The fraction of sp³-hybridized carbons (Fsp3) is 0.625. The van der Waals surface area contributed by atoms with Gasteiger partial charge in [-0.2, -0.15) is 0 Å². The number of hydrogen-bond donors (Lipinski definition) is 1. The molecule has 0 bridgehead atoms. The molecule has 1 aliphatic carbocycles. The van der Waals surface area contributed by atoms with E-state index in [1.54, 1.807) is 6.26 Å². The predicted molar refractivity (Wildman–Crippen MR) is 48.1 cm³/mol. The van der Waals surface area contributed by atoms with E-state index < -0.39 is 0 Å². The Labute approximate surface area is 77.7 Å². The van der Waals surface area contributed by atoms with Crippen molar-refractivity contribution in [3.63, 3.8) is 0 Å². The molecule has 0 spiro atoms. The van der Waals surface area contributed by atoms with Crippen LogP contribution in [-0.4, -0.2) is 5.16 Å². The molecule has 1 atom stereocenters. The maximum Gasteiger partial charge on any atom is 0.128 e. The molecule has 0 saturated heterocycles. The van der Waals surface area contributed by atoms with Gasteiger partial charge in [-0.15, -0.1) is 12.4 Å². The van der Waals surface area contributed by atoms with Crippen LogP contribution >= 0.6 is 12.4 Å². The van der Waals surface area contributed by atoms with Gasteiger partial charge in [0.2, 0.25) is 0 Å². The molecule has 1 aliphatic rings. The van der Waals surface area contributed by atoms with Gasteiger partial charge in [-0.25, -0.2) is 0 Å². The lowest BCUT2D eigenvalue weighted by atomic mass is 10.1. The van der Waals surface area contributed by atoms with E-state index >= 15 is 0 Å². The lowest BCUT2D eigenvalue weighted by molar-refractivity contribution is 0.413. The first-order valence-electron chi connectivity index (χ1n) is 3.95. The van der Waals surface area contributed by atoms with Crippen LogP contribution in [-0.2, 0) is 0 Å². The molecule has 1 aromatic rings. The maximum atomic E-state index is 5.95. The molecule has 0 unspecified atom stereocenters. The molecular formula is C8H13ClN2O. The second-order valence-corrected chi connectivity index (χ2v) is 3.22. The number of halogens is 1. The summed E-state index contributed by atoms with van der Waals surface area (Å²) in [4.78, 5) is 0. The highest BCUT2D eigenvalue weighted by atomic mass is 35.5. The van der Waals surface area contributed by atoms with Crippen LogP contribution in [0.25, 0.3) is 0 Å². The molecule has 0 aliphatic heterocycles. The highest BCUT2D eigenvalue weighted by Gasteiger charge is 2.31. The zero-order chi connectivity index (χ0) is 7.84. The van der Waals surface area contributed by atoms with Gasteiger partial charge >= 0.3 is 0 Å². The Morgan fingerprint density at radius 2 is 2.33 bits per heavy atom. The monoisotopic (exact) mass is 188 g/mol. The smallest absolute Gasteiger partial charge is 0.128 e. The van der Waals surface area contributed by atoms with Gasteiger partial charge in [-0.1, -0.05) is 5.16 Å². The number of aromatic nitrogens is 1. The molecule has 0 aromatic carbocycles. The number of aryl methyl sites for hydroxylation is 1. The molecule has 1 aromatic heterocycles. The van der Waals surface area contributed by atoms with Gasteiger partial charge in [0.15, 0.2) is 0 Å². The first kappa shape index (κ1) is 9.55. The Bertz CT molecular complexity index is 257. The quantitative estimate of drug-likeness (QED) is 0.770. The summed E-state index contributed by atoms with van der Waals surface area (Å²) in [5.74, 6) is 0.674. The standard InChI is InChI=1S/C8H12N2O.ClH/c1-5-7(4-11-10-5)8(9)6-2-3-6;/h4,6,8H,2-3,9H2,1H3;1H/t8-;/m0./s1. The van der Waals surface area contributed by atoms with Crippen LogP contribution in [0.1, 0.15) is 30.1 Å². The molecule has 1 fully saturated rings. The lowest BCUT2D eigenvalue weighted by Crippen LogP contribution is -2.12. The minimum atomic E-state index is 0. The highest BCUT2D eigenvalue weighted by molar-refractivity contribution is 5.85. The van der Waals surface area contributed by atoms with Crippen molar-refractivity contribution in [2.24, 2.45) is 11.7 Å². The fourth-order valence-corrected chi connectivity index (χ4v) is 1.33. The number of hydrogen-bond acceptors (Lipinski definition) is 3. The Morgan fingerprint density at radius 1 is 1.67 bits per heavy atom. The Morgan fingerprint density at radius 3 is 2.75 bits per heavy atom. The lowest BCUT2D eigenvalue weighted by Gasteiger charge is -2.06. The van der Waals surface area contributed by atoms with Crippen molar-refractivity contribution in [3.8, 4) is 0 Å². The van der Waals surface area contributed by atoms with Gasteiger partial charge in [-0.3, -0.25) is 0 Å². The molecule has 1 saturated carbocycles. The summed E-state index contributed by atoms with van der Waals surface area (Å²) < 4.78 is 4.81. The summed E-state index contributed by atoms with van der Waals surface area (Å²) in [6.45, 7) is 1.93. The van der Waals surface area contributed by atoms with Crippen molar-refractivity contribution >= 4 is 12.4 Å². The SMILES string of the molecule is Cc1nocc1[C@@H](N)C1CC1.Cl. The molecule has 0 radical (unpaired) electrons. The summed E-state index contributed by atoms with van der Waals surface area (Å²) in [7, 11) is 0. The average molecular weight is 189 g/mol. The fourth-order valence-electron chi connectivity index (χ4n) is 1.33. The first-order chi connectivity index (χ1) is 5.29. The third-order valence-electron chi connectivity index (χ3n) is 2.28. The van der Waals surface area contributed by atoms with E-state index in [-0.39, 0.29) is 18.4 Å². The molecule has 1 heterocycles. The summed E-state index contributed by atoms with van der Waals surface area (Å²) >= 11 is 0. The van der Waals surface area contributed by atoms with Gasteiger partial charge in [0, 0.05) is 11.6 Å². The van der Waals surface area contributed by atoms with Crippen molar-refractivity contribution < 1.29 is 4.52 Å². The van der Waals surface area contributed by atoms with Gasteiger partial charge in [0.25, 0.3) is 0 Å². The summed E-state index contributed by atoms with van der Waals surface area (Å²) in [6.07, 6.45) is 4.18. The third-order valence-corrected chi connectivity index (χ3v) is 2.28. The van der Waals surface area contributed by atoms with Crippen LogP contribution in [0.4, 0.5) is 0 Å². The van der Waals surface area contributed by atoms with E-state index in [0.29, 0.717) is 5.92 Å². The second kappa shape index (κ2) is 3.46. The topological polar surface area (TPSA) is 52.0 Å². The number of nitrogens with zero attached hydrogens (tertiary/aromatic N) is 1. The average Bonchev–Trinajstić information content (AvgIpc) is 2.74. The van der Waals surface area contributed by atoms with E-state index in [9.17, 15) is 0 Å². The van der Waals surface area contributed by atoms with Crippen molar-refractivity contribution in [1.29, 1.82) is 0 Å². The van der Waals surface area contributed by atoms with Crippen LogP contribution in [0.2, 0.25) is 0 Å². The Kier molecular flexibility index (Phi) is 2.75. The van der Waals surface area contributed by atoms with E-state index in [2.05, 4.69) is 5.16 Å². The molecule has 4 heteroatoms. The van der Waals surface area contributed by atoms with Crippen molar-refractivity contribution in [3.05, 3.63) is 17.5 Å². The van der Waals surface area contributed by atoms with Crippen LogP contribution < -0.4 is 5.73 Å². The van der Waals surface area contributed by atoms with Crippen molar-refractivity contribution in [1.82, 2.24) is 5.16 Å². The zero-order valence-electron chi connectivity index (χ0n) is 6.99. The van der Waals surface area contributed by atoms with E-state index in [0.717, 1.165) is 11.3 Å². The van der Waals surface area contributed by atoms with Crippen LogP contribution in [0.5, 0.6) is 0 Å². The van der Waals surface area contributed by atoms with Gasteiger partial charge in [-0.05, 0) is 25.7 Å². The zero-order valence-corrected chi connectivity index (χ0v) is 7.80. The molecule has 2 rings (SSSR count). The normalized spacial score (nSPS) is 18.5. The van der Waals surface area contributed by atoms with E-state index in [1.807, 2.05) is 6.92 Å². The van der Waals surface area contributed by atoms with E-state index in [4.69, 9.17) is 10.3 Å². The van der Waals surface area contributed by atoms with Gasteiger partial charge < -0.3 is 10.3 Å². The highest BCUT2D eigenvalue weighted by Crippen LogP contribution is 2.39. The Balaban J connectivity index is 0.000000720. The van der Waals surface area contributed by atoms with Crippen LogP contribution in [0.3, 0.4) is 0 Å². The van der Waals surface area contributed by atoms with E-state index in [1.165, 1.54) is 12.8 Å². The molecule has 2 N–H and O–H groups in total.